The molecule has 6 heteroatoms. The number of nitrogens with one attached hydrogen (secondary N) is 1. The van der Waals surface area contributed by atoms with Crippen molar-refractivity contribution >= 4 is 11.7 Å². The summed E-state index contributed by atoms with van der Waals surface area (Å²) < 4.78 is 1.81. The largest absolute Gasteiger partial charge is 0.393 e. The first-order chi connectivity index (χ1) is 9.47. The standard InChI is InChI=1S/C14H24N4O2/c1-10(2)18-9-13(8-15-18)16-14(20)17-6-4-12(5-7-17)11(3)19/h8-12,19H,4-7H2,1-3H3,(H,16,20). The molecule has 1 aromatic heterocycles. The molecule has 1 atom stereocenters. The monoisotopic (exact) mass is 280 g/mol. The average molecular weight is 280 g/mol. The number of hydrogen-bond donors (Lipinski definition) is 2. The topological polar surface area (TPSA) is 70.4 Å². The maximum atomic E-state index is 12.1. The molecule has 0 saturated carbocycles. The van der Waals surface area contributed by atoms with Crippen LogP contribution in [0.25, 0.3) is 0 Å². The van der Waals surface area contributed by atoms with Crippen molar-refractivity contribution in [3.05, 3.63) is 12.4 Å². The summed E-state index contributed by atoms with van der Waals surface area (Å²) in [5.74, 6) is 0.308. The van der Waals surface area contributed by atoms with Crippen molar-refractivity contribution in [3.8, 4) is 0 Å². The molecular formula is C14H24N4O2. The number of urea groups is 1. The molecule has 1 unspecified atom stereocenters. The van der Waals surface area contributed by atoms with Crippen molar-refractivity contribution in [1.82, 2.24) is 14.7 Å². The maximum absolute atomic E-state index is 12.1. The number of anilines is 1. The summed E-state index contributed by atoms with van der Waals surface area (Å²) in [5, 5.41) is 16.6. The Hall–Kier alpha value is -1.56. The number of piperidine rings is 1. The highest BCUT2D eigenvalue weighted by molar-refractivity contribution is 5.89. The van der Waals surface area contributed by atoms with E-state index < -0.39 is 0 Å². The summed E-state index contributed by atoms with van der Waals surface area (Å²) in [4.78, 5) is 13.9. The van der Waals surface area contributed by atoms with Crippen LogP contribution in [-0.2, 0) is 0 Å². The predicted molar refractivity (Wildman–Crippen MR) is 77.6 cm³/mol. The Morgan fingerprint density at radius 2 is 2.05 bits per heavy atom. The smallest absolute Gasteiger partial charge is 0.321 e. The fraction of sp³-hybridized carbons (Fsp3) is 0.714. The number of aliphatic hydroxyl groups is 1. The molecule has 0 bridgehead atoms. The van der Waals surface area contributed by atoms with Crippen molar-refractivity contribution in [2.45, 2.75) is 45.8 Å². The van der Waals surface area contributed by atoms with E-state index in [1.165, 1.54) is 0 Å². The zero-order chi connectivity index (χ0) is 14.7. The molecule has 0 spiro atoms. The van der Waals surface area contributed by atoms with E-state index in [1.807, 2.05) is 31.6 Å². The van der Waals surface area contributed by atoms with E-state index in [1.54, 1.807) is 11.1 Å². The lowest BCUT2D eigenvalue weighted by molar-refractivity contribution is 0.0820. The fourth-order valence-electron chi connectivity index (χ4n) is 2.47. The van der Waals surface area contributed by atoms with Crippen LogP contribution in [0.5, 0.6) is 0 Å². The summed E-state index contributed by atoms with van der Waals surface area (Å²) in [6.07, 6.45) is 4.93. The summed E-state index contributed by atoms with van der Waals surface area (Å²) in [6, 6.07) is 0.194. The van der Waals surface area contributed by atoms with E-state index in [9.17, 15) is 9.90 Å². The summed E-state index contributed by atoms with van der Waals surface area (Å²) in [5.41, 5.74) is 0.723. The maximum Gasteiger partial charge on any atom is 0.321 e. The van der Waals surface area contributed by atoms with E-state index in [0.717, 1.165) is 18.5 Å². The number of aliphatic hydroxyl groups excluding tert-OH is 1. The van der Waals surface area contributed by atoms with Crippen LogP contribution < -0.4 is 5.32 Å². The van der Waals surface area contributed by atoms with Gasteiger partial charge in [-0.1, -0.05) is 0 Å². The molecule has 2 amide bonds. The highest BCUT2D eigenvalue weighted by Gasteiger charge is 2.25. The van der Waals surface area contributed by atoms with E-state index in [-0.39, 0.29) is 18.2 Å². The SMILES string of the molecule is CC(O)C1CCN(C(=O)Nc2cnn(C(C)C)c2)CC1. The van der Waals surface area contributed by atoms with Crippen LogP contribution in [0, 0.1) is 5.92 Å². The molecule has 2 rings (SSSR count). The van der Waals surface area contributed by atoms with Crippen LogP contribution in [0.1, 0.15) is 39.7 Å². The molecule has 1 saturated heterocycles. The summed E-state index contributed by atoms with van der Waals surface area (Å²) >= 11 is 0. The first kappa shape index (κ1) is 14.8. The molecule has 1 aliphatic heterocycles. The van der Waals surface area contributed by atoms with E-state index in [0.29, 0.717) is 19.0 Å². The van der Waals surface area contributed by atoms with Crippen LogP contribution in [0.3, 0.4) is 0 Å². The number of hydrogen-bond acceptors (Lipinski definition) is 3. The number of carbonyl (C=O) groups excluding carboxylic acids is 1. The second-order valence-electron chi connectivity index (χ2n) is 5.80. The van der Waals surface area contributed by atoms with Gasteiger partial charge in [-0.05, 0) is 39.5 Å². The van der Waals surface area contributed by atoms with E-state index in [2.05, 4.69) is 10.4 Å². The third kappa shape index (κ3) is 3.50. The normalized spacial score (nSPS) is 18.4. The number of aromatic nitrogens is 2. The molecule has 20 heavy (non-hydrogen) atoms. The van der Waals surface area contributed by atoms with Crippen molar-refractivity contribution in [1.29, 1.82) is 0 Å². The van der Waals surface area contributed by atoms with Gasteiger partial charge in [-0.2, -0.15) is 5.10 Å². The molecule has 2 N–H and O–H groups in total. The van der Waals surface area contributed by atoms with Crippen LogP contribution in [0.15, 0.2) is 12.4 Å². The third-order valence-corrected chi connectivity index (χ3v) is 3.89. The van der Waals surface area contributed by atoms with Gasteiger partial charge in [-0.25, -0.2) is 4.79 Å². The molecular weight excluding hydrogens is 256 g/mol. The minimum atomic E-state index is -0.288. The van der Waals surface area contributed by atoms with Crippen LogP contribution >= 0.6 is 0 Å². The lowest BCUT2D eigenvalue weighted by Crippen LogP contribution is -2.42. The third-order valence-electron chi connectivity index (χ3n) is 3.89. The minimum Gasteiger partial charge on any atom is -0.393 e. The van der Waals surface area contributed by atoms with Crippen LogP contribution in [0.4, 0.5) is 10.5 Å². The highest BCUT2D eigenvalue weighted by Crippen LogP contribution is 2.21. The van der Waals surface area contributed by atoms with Gasteiger partial charge in [0.05, 0.1) is 18.0 Å². The number of amides is 2. The van der Waals surface area contributed by atoms with Crippen molar-refractivity contribution in [3.63, 3.8) is 0 Å². The number of carbonyl (C=O) groups is 1. The van der Waals surface area contributed by atoms with Crippen LogP contribution in [-0.4, -0.2) is 45.0 Å². The molecule has 1 aliphatic rings. The van der Waals surface area contributed by atoms with Gasteiger partial charge < -0.3 is 15.3 Å². The number of likely N-dealkylation sites (tertiary alicyclic amines) is 1. The Labute approximate surface area is 119 Å². The average Bonchev–Trinajstić information content (AvgIpc) is 2.87. The second kappa shape index (κ2) is 6.26. The molecule has 2 heterocycles. The van der Waals surface area contributed by atoms with E-state index in [4.69, 9.17) is 0 Å². The van der Waals surface area contributed by atoms with Crippen LogP contribution in [0.2, 0.25) is 0 Å². The zero-order valence-corrected chi connectivity index (χ0v) is 12.4. The number of nitrogens with zero attached hydrogens (tertiary/aromatic N) is 3. The van der Waals surface area contributed by atoms with Crippen molar-refractivity contribution < 1.29 is 9.90 Å². The lowest BCUT2D eigenvalue weighted by atomic mass is 9.92. The lowest BCUT2D eigenvalue weighted by Gasteiger charge is -2.33. The molecule has 0 radical (unpaired) electrons. The molecule has 1 fully saturated rings. The summed E-state index contributed by atoms with van der Waals surface area (Å²) in [7, 11) is 0. The Balaban J connectivity index is 1.86. The van der Waals surface area contributed by atoms with Crippen molar-refractivity contribution in [2.75, 3.05) is 18.4 Å². The van der Waals surface area contributed by atoms with Gasteiger partial charge in [0.2, 0.25) is 0 Å². The molecule has 6 nitrogen and oxygen atoms in total. The number of rotatable bonds is 3. The Morgan fingerprint density at radius 1 is 1.40 bits per heavy atom. The van der Waals surface area contributed by atoms with E-state index >= 15 is 0 Å². The highest BCUT2D eigenvalue weighted by atomic mass is 16.3. The Morgan fingerprint density at radius 3 is 2.55 bits per heavy atom. The molecule has 1 aromatic rings. The van der Waals surface area contributed by atoms with Gasteiger partial charge in [-0.15, -0.1) is 0 Å². The Bertz CT molecular complexity index is 448. The molecule has 0 aromatic carbocycles. The molecule has 0 aliphatic carbocycles. The first-order valence-electron chi connectivity index (χ1n) is 7.25. The fourth-order valence-corrected chi connectivity index (χ4v) is 2.47. The van der Waals surface area contributed by atoms with Crippen molar-refractivity contribution in [2.24, 2.45) is 5.92 Å². The predicted octanol–water partition coefficient (Wildman–Crippen LogP) is 2.09. The van der Waals surface area contributed by atoms with Gasteiger partial charge in [0, 0.05) is 25.3 Å². The van der Waals surface area contributed by atoms with Gasteiger partial charge in [0.15, 0.2) is 0 Å². The minimum absolute atomic E-state index is 0.0858. The quantitative estimate of drug-likeness (QED) is 0.890. The Kier molecular flexibility index (Phi) is 4.65. The second-order valence-corrected chi connectivity index (χ2v) is 5.80. The van der Waals surface area contributed by atoms with Gasteiger partial charge in [-0.3, -0.25) is 4.68 Å². The molecule has 112 valence electrons. The summed E-state index contributed by atoms with van der Waals surface area (Å²) in [6.45, 7) is 7.29. The van der Waals surface area contributed by atoms with Gasteiger partial charge in [0.1, 0.15) is 0 Å². The zero-order valence-electron chi connectivity index (χ0n) is 12.4. The van der Waals surface area contributed by atoms with Gasteiger partial charge >= 0.3 is 6.03 Å². The first-order valence-corrected chi connectivity index (χ1v) is 7.25. The van der Waals surface area contributed by atoms with Gasteiger partial charge in [0.25, 0.3) is 0 Å².